The van der Waals surface area contributed by atoms with Crippen LogP contribution in [0.25, 0.3) is 0 Å². The van der Waals surface area contributed by atoms with Crippen molar-refractivity contribution >= 4 is 5.84 Å². The van der Waals surface area contributed by atoms with Gasteiger partial charge in [0.05, 0.1) is 5.56 Å². The Kier molecular flexibility index (Phi) is 4.40. The maximum absolute atomic E-state index is 8.89. The lowest BCUT2D eigenvalue weighted by Crippen LogP contribution is -2.35. The molecule has 2 rings (SSSR count). The summed E-state index contributed by atoms with van der Waals surface area (Å²) in [6, 6.07) is 3.61. The van der Waals surface area contributed by atoms with E-state index in [4.69, 9.17) is 15.7 Å². The van der Waals surface area contributed by atoms with E-state index in [1.807, 2.05) is 13.0 Å². The predicted octanol–water partition coefficient (Wildman–Crippen LogP) is 3.08. The van der Waals surface area contributed by atoms with Gasteiger partial charge in [-0.1, -0.05) is 25.9 Å². The number of hydrogen-bond acceptors (Lipinski definition) is 4. The van der Waals surface area contributed by atoms with Crippen molar-refractivity contribution in [1.29, 1.82) is 0 Å². The smallest absolute Gasteiger partial charge is 0.225 e. The van der Waals surface area contributed by atoms with Gasteiger partial charge in [0, 0.05) is 5.69 Å². The van der Waals surface area contributed by atoms with E-state index in [-0.39, 0.29) is 17.4 Å². The monoisotopic (exact) mass is 291 g/mol. The molecular weight excluding hydrogens is 266 g/mol. The summed E-state index contributed by atoms with van der Waals surface area (Å²) in [6.07, 6.45) is 3.32. The normalized spacial score (nSPS) is 25.6. The van der Waals surface area contributed by atoms with Crippen LogP contribution in [-0.2, 0) is 0 Å². The van der Waals surface area contributed by atoms with Crippen LogP contribution in [0, 0.1) is 18.3 Å². The molecule has 0 amide bonds. The van der Waals surface area contributed by atoms with Crippen molar-refractivity contribution in [2.24, 2.45) is 22.2 Å². The average molecular weight is 291 g/mol. The molecule has 1 saturated carbocycles. The number of aromatic nitrogens is 1. The van der Waals surface area contributed by atoms with E-state index in [0.717, 1.165) is 18.5 Å². The summed E-state index contributed by atoms with van der Waals surface area (Å²) in [6.45, 7) is 8.70. The highest BCUT2D eigenvalue weighted by Crippen LogP contribution is 2.40. The van der Waals surface area contributed by atoms with E-state index in [0.29, 0.717) is 17.4 Å². The van der Waals surface area contributed by atoms with Crippen LogP contribution < -0.4 is 10.5 Å². The second-order valence-electron chi connectivity index (χ2n) is 6.94. The molecule has 0 spiro atoms. The lowest BCUT2D eigenvalue weighted by molar-refractivity contribution is 0.0530. The number of amidine groups is 1. The van der Waals surface area contributed by atoms with Crippen molar-refractivity contribution in [2.45, 2.75) is 53.1 Å². The molecule has 0 saturated heterocycles. The molecule has 2 unspecified atom stereocenters. The Morgan fingerprint density at radius 2 is 2.14 bits per heavy atom. The molecule has 116 valence electrons. The molecule has 0 radical (unpaired) electrons. The first kappa shape index (κ1) is 15.6. The van der Waals surface area contributed by atoms with Crippen molar-refractivity contribution in [1.82, 2.24) is 4.98 Å². The van der Waals surface area contributed by atoms with Gasteiger partial charge in [-0.05, 0) is 49.7 Å². The number of rotatable bonds is 3. The molecule has 1 aliphatic rings. The molecule has 0 bridgehead atoms. The lowest BCUT2D eigenvalue weighted by Gasteiger charge is -2.38. The van der Waals surface area contributed by atoms with Gasteiger partial charge in [0.2, 0.25) is 5.88 Å². The molecule has 1 heterocycles. The second-order valence-corrected chi connectivity index (χ2v) is 6.94. The predicted molar refractivity (Wildman–Crippen MR) is 82.7 cm³/mol. The molecular formula is C16H25N3O2. The Bertz CT molecular complexity index is 540. The van der Waals surface area contributed by atoms with Crippen LogP contribution in [0.2, 0.25) is 0 Å². The van der Waals surface area contributed by atoms with Crippen LogP contribution in [0.5, 0.6) is 5.88 Å². The molecule has 5 nitrogen and oxygen atoms in total. The summed E-state index contributed by atoms with van der Waals surface area (Å²) in [5.41, 5.74) is 7.37. The van der Waals surface area contributed by atoms with Crippen molar-refractivity contribution < 1.29 is 9.94 Å². The quantitative estimate of drug-likeness (QED) is 0.388. The van der Waals surface area contributed by atoms with Crippen molar-refractivity contribution in [3.05, 3.63) is 23.4 Å². The Hall–Kier alpha value is -1.78. The summed E-state index contributed by atoms with van der Waals surface area (Å²) in [7, 11) is 0. The van der Waals surface area contributed by atoms with Gasteiger partial charge in [0.25, 0.3) is 0 Å². The fourth-order valence-electron chi connectivity index (χ4n) is 3.38. The Balaban J connectivity index is 2.24. The van der Waals surface area contributed by atoms with E-state index in [9.17, 15) is 0 Å². The number of hydrogen-bond donors (Lipinski definition) is 2. The SMILES string of the molecule is Cc1ccc(C(N)=NO)c(OC2CC(C)CC(C)(C)C2)n1. The van der Waals surface area contributed by atoms with E-state index in [1.54, 1.807) is 6.07 Å². The third kappa shape index (κ3) is 3.86. The van der Waals surface area contributed by atoms with Crippen molar-refractivity contribution in [2.75, 3.05) is 0 Å². The van der Waals surface area contributed by atoms with Crippen LogP contribution in [0.15, 0.2) is 17.3 Å². The number of aryl methyl sites for hydroxylation is 1. The average Bonchev–Trinajstić information content (AvgIpc) is 2.35. The lowest BCUT2D eigenvalue weighted by atomic mass is 9.71. The van der Waals surface area contributed by atoms with Crippen LogP contribution in [0.4, 0.5) is 0 Å². The third-order valence-corrected chi connectivity index (χ3v) is 4.01. The van der Waals surface area contributed by atoms with Gasteiger partial charge in [-0.15, -0.1) is 0 Å². The largest absolute Gasteiger partial charge is 0.474 e. The van der Waals surface area contributed by atoms with E-state index < -0.39 is 0 Å². The van der Waals surface area contributed by atoms with Gasteiger partial charge in [-0.25, -0.2) is 4.98 Å². The standard InChI is InChI=1S/C16H25N3O2/c1-10-7-12(9-16(3,4)8-10)21-15-13(14(17)19-20)6-5-11(2)18-15/h5-6,10,12,20H,7-9H2,1-4H3,(H2,17,19). The molecule has 0 aliphatic heterocycles. The fraction of sp³-hybridized carbons (Fsp3) is 0.625. The first-order chi connectivity index (χ1) is 9.80. The third-order valence-electron chi connectivity index (χ3n) is 4.01. The molecule has 1 aromatic rings. The van der Waals surface area contributed by atoms with Crippen LogP contribution in [0.1, 0.15) is 51.3 Å². The van der Waals surface area contributed by atoms with Crippen LogP contribution in [0.3, 0.4) is 0 Å². The van der Waals surface area contributed by atoms with Gasteiger partial charge in [0.1, 0.15) is 6.10 Å². The highest BCUT2D eigenvalue weighted by atomic mass is 16.5. The van der Waals surface area contributed by atoms with Gasteiger partial charge in [-0.3, -0.25) is 0 Å². The second kappa shape index (κ2) is 5.92. The Labute approximate surface area is 126 Å². The number of ether oxygens (including phenoxy) is 1. The maximum atomic E-state index is 8.89. The molecule has 3 N–H and O–H groups in total. The highest BCUT2D eigenvalue weighted by Gasteiger charge is 2.33. The molecule has 1 fully saturated rings. The van der Waals surface area contributed by atoms with Gasteiger partial charge >= 0.3 is 0 Å². The Morgan fingerprint density at radius 1 is 1.43 bits per heavy atom. The zero-order valence-corrected chi connectivity index (χ0v) is 13.3. The van der Waals surface area contributed by atoms with Gasteiger partial charge in [0.15, 0.2) is 5.84 Å². The summed E-state index contributed by atoms with van der Waals surface area (Å²) in [4.78, 5) is 4.41. The number of oxime groups is 1. The number of nitrogens with two attached hydrogens (primary N) is 1. The Morgan fingerprint density at radius 3 is 2.76 bits per heavy atom. The first-order valence-electron chi connectivity index (χ1n) is 7.43. The minimum Gasteiger partial charge on any atom is -0.474 e. The minimum absolute atomic E-state index is 0.0284. The van der Waals surface area contributed by atoms with E-state index in [1.165, 1.54) is 6.42 Å². The van der Waals surface area contributed by atoms with E-state index >= 15 is 0 Å². The van der Waals surface area contributed by atoms with Crippen molar-refractivity contribution in [3.63, 3.8) is 0 Å². The fourth-order valence-corrected chi connectivity index (χ4v) is 3.38. The summed E-state index contributed by atoms with van der Waals surface area (Å²) < 4.78 is 6.11. The molecule has 1 aliphatic carbocycles. The van der Waals surface area contributed by atoms with Crippen LogP contribution in [-0.4, -0.2) is 22.1 Å². The van der Waals surface area contributed by atoms with Gasteiger partial charge < -0.3 is 15.7 Å². The highest BCUT2D eigenvalue weighted by molar-refractivity contribution is 5.99. The zero-order chi connectivity index (χ0) is 15.6. The maximum Gasteiger partial charge on any atom is 0.225 e. The van der Waals surface area contributed by atoms with Gasteiger partial charge in [-0.2, -0.15) is 0 Å². The molecule has 2 atom stereocenters. The summed E-state index contributed by atoms with van der Waals surface area (Å²) in [5, 5.41) is 12.0. The molecule has 0 aromatic carbocycles. The topological polar surface area (TPSA) is 80.7 Å². The summed E-state index contributed by atoms with van der Waals surface area (Å²) in [5.74, 6) is 1.11. The molecule has 1 aromatic heterocycles. The molecule has 5 heteroatoms. The molecule has 21 heavy (non-hydrogen) atoms. The summed E-state index contributed by atoms with van der Waals surface area (Å²) >= 11 is 0. The number of nitrogens with zero attached hydrogens (tertiary/aromatic N) is 2. The zero-order valence-electron chi connectivity index (χ0n) is 13.3. The first-order valence-corrected chi connectivity index (χ1v) is 7.43. The van der Waals surface area contributed by atoms with E-state index in [2.05, 4.69) is 30.9 Å². The van der Waals surface area contributed by atoms with Crippen LogP contribution >= 0.6 is 0 Å². The van der Waals surface area contributed by atoms with Crippen molar-refractivity contribution in [3.8, 4) is 5.88 Å². The minimum atomic E-state index is 0.0284. The number of pyridine rings is 1.